The molecule has 0 aliphatic carbocycles. The van der Waals surface area contributed by atoms with Gasteiger partial charge in [0.1, 0.15) is 37.9 Å². The molecule has 5 rings (SSSR count). The minimum atomic E-state index is -0.272. The van der Waals surface area contributed by atoms with E-state index in [4.69, 9.17) is 37.9 Å². The maximum atomic E-state index is 12.8. The minimum Gasteiger partial charge on any atom is -0.497 e. The molecule has 252 valence electrons. The third-order valence-corrected chi connectivity index (χ3v) is 7.05. The van der Waals surface area contributed by atoms with Crippen molar-refractivity contribution in [2.24, 2.45) is 0 Å². The summed E-state index contributed by atoms with van der Waals surface area (Å²) in [5.41, 5.74) is 2.06. The van der Waals surface area contributed by atoms with Crippen molar-refractivity contribution in [3.63, 3.8) is 0 Å². The number of anilines is 2. The van der Waals surface area contributed by atoms with Gasteiger partial charge in [-0.05, 0) is 72.8 Å². The Morgan fingerprint density at radius 2 is 0.833 bits per heavy atom. The summed E-state index contributed by atoms with van der Waals surface area (Å²) in [6.07, 6.45) is 0. The van der Waals surface area contributed by atoms with Gasteiger partial charge < -0.3 is 48.5 Å². The standard InChI is InChI=1S/C36H38N2O10/c1-41-29-9-3-25(4-10-29)35(39)37-27-7-13-31-33(23-27)47-21-17-44-18-22-48-34-24-28(8-14-32(34)46-20-16-43-15-19-45-31)38-36(40)26-5-11-30(42-2)12-6-26/h3-14,23-24H,15-22H2,1-2H3,(H,37,39)(H,38,40). The van der Waals surface area contributed by atoms with Gasteiger partial charge in [-0.3, -0.25) is 9.59 Å². The molecule has 4 aromatic rings. The van der Waals surface area contributed by atoms with E-state index in [0.717, 1.165) is 0 Å². The van der Waals surface area contributed by atoms with Gasteiger partial charge in [-0.25, -0.2) is 0 Å². The van der Waals surface area contributed by atoms with Gasteiger partial charge in [0.05, 0.1) is 40.6 Å². The largest absolute Gasteiger partial charge is 0.497 e. The van der Waals surface area contributed by atoms with Crippen molar-refractivity contribution in [2.45, 2.75) is 0 Å². The molecule has 12 heteroatoms. The van der Waals surface area contributed by atoms with Gasteiger partial charge in [-0.1, -0.05) is 0 Å². The number of hydrogen-bond donors (Lipinski definition) is 2. The number of carbonyl (C=O) groups excluding carboxylic acids is 2. The van der Waals surface area contributed by atoms with Crippen LogP contribution < -0.4 is 39.1 Å². The molecule has 0 radical (unpaired) electrons. The lowest BCUT2D eigenvalue weighted by molar-refractivity contribution is 0.0640. The van der Waals surface area contributed by atoms with Gasteiger partial charge in [0.2, 0.25) is 0 Å². The summed E-state index contributed by atoms with van der Waals surface area (Å²) in [7, 11) is 3.14. The Morgan fingerprint density at radius 3 is 1.19 bits per heavy atom. The molecule has 0 saturated carbocycles. The zero-order valence-electron chi connectivity index (χ0n) is 26.8. The molecule has 0 atom stereocenters. The number of ether oxygens (including phenoxy) is 8. The van der Waals surface area contributed by atoms with Gasteiger partial charge in [0.15, 0.2) is 23.0 Å². The maximum absolute atomic E-state index is 12.8. The summed E-state index contributed by atoms with van der Waals surface area (Å²) in [6, 6.07) is 24.0. The van der Waals surface area contributed by atoms with Gasteiger partial charge in [0.25, 0.3) is 11.8 Å². The second kappa shape index (κ2) is 17.5. The number of benzene rings is 4. The summed E-state index contributed by atoms with van der Waals surface area (Å²) >= 11 is 0. The third-order valence-electron chi connectivity index (χ3n) is 7.05. The summed E-state index contributed by atoms with van der Waals surface area (Å²) in [4.78, 5) is 25.6. The first kappa shape index (κ1) is 33.9. The van der Waals surface area contributed by atoms with Crippen LogP contribution >= 0.6 is 0 Å². The highest BCUT2D eigenvalue weighted by Gasteiger charge is 2.14. The second-order valence-electron chi connectivity index (χ2n) is 10.3. The molecular formula is C36H38N2O10. The Labute approximate surface area is 278 Å². The quantitative estimate of drug-likeness (QED) is 0.275. The summed E-state index contributed by atoms with van der Waals surface area (Å²) < 4.78 is 45.6. The van der Waals surface area contributed by atoms with Crippen molar-refractivity contribution < 1.29 is 47.5 Å². The van der Waals surface area contributed by atoms with Crippen molar-refractivity contribution in [1.82, 2.24) is 0 Å². The predicted octanol–water partition coefficient (Wildman–Crippen LogP) is 5.47. The Morgan fingerprint density at radius 1 is 0.479 bits per heavy atom. The molecule has 0 saturated heterocycles. The first-order chi connectivity index (χ1) is 23.5. The normalized spacial score (nSPS) is 14.0. The smallest absolute Gasteiger partial charge is 0.255 e. The first-order valence-electron chi connectivity index (χ1n) is 15.4. The predicted molar refractivity (Wildman–Crippen MR) is 178 cm³/mol. The van der Waals surface area contributed by atoms with Gasteiger partial charge in [-0.15, -0.1) is 0 Å². The van der Waals surface area contributed by atoms with Crippen molar-refractivity contribution in [3.05, 3.63) is 96.1 Å². The highest BCUT2D eigenvalue weighted by atomic mass is 16.6. The van der Waals surface area contributed by atoms with E-state index in [9.17, 15) is 9.59 Å². The number of rotatable bonds is 6. The van der Waals surface area contributed by atoms with Crippen LogP contribution in [-0.4, -0.2) is 78.9 Å². The minimum absolute atomic E-state index is 0.226. The fraction of sp³-hybridized carbons (Fsp3) is 0.278. The summed E-state index contributed by atoms with van der Waals surface area (Å²) in [6.45, 7) is 2.14. The lowest BCUT2D eigenvalue weighted by Gasteiger charge is -2.17. The van der Waals surface area contributed by atoms with E-state index in [0.29, 0.717) is 70.2 Å². The monoisotopic (exact) mass is 658 g/mol. The molecule has 48 heavy (non-hydrogen) atoms. The molecule has 0 bridgehead atoms. The molecule has 0 spiro atoms. The zero-order chi connectivity index (χ0) is 33.6. The van der Waals surface area contributed by atoms with E-state index in [1.54, 1.807) is 99.1 Å². The van der Waals surface area contributed by atoms with Crippen LogP contribution in [0.15, 0.2) is 84.9 Å². The fourth-order valence-electron chi connectivity index (χ4n) is 4.57. The van der Waals surface area contributed by atoms with E-state index >= 15 is 0 Å². The first-order valence-corrected chi connectivity index (χ1v) is 15.4. The fourth-order valence-corrected chi connectivity index (χ4v) is 4.57. The molecule has 1 aliphatic rings. The van der Waals surface area contributed by atoms with Gasteiger partial charge >= 0.3 is 0 Å². The van der Waals surface area contributed by atoms with Crippen molar-refractivity contribution in [1.29, 1.82) is 0 Å². The third kappa shape index (κ3) is 9.77. The Balaban J connectivity index is 1.18. The topological polar surface area (TPSA) is 132 Å². The maximum Gasteiger partial charge on any atom is 0.255 e. The van der Waals surface area contributed by atoms with E-state index in [2.05, 4.69) is 10.6 Å². The Kier molecular flexibility index (Phi) is 12.3. The number of hydrogen-bond acceptors (Lipinski definition) is 10. The number of carbonyl (C=O) groups is 2. The van der Waals surface area contributed by atoms with Crippen LogP contribution in [0, 0.1) is 0 Å². The highest BCUT2D eigenvalue weighted by molar-refractivity contribution is 6.05. The molecule has 2 N–H and O–H groups in total. The number of amides is 2. The second-order valence-corrected chi connectivity index (χ2v) is 10.3. The SMILES string of the molecule is COc1ccc(C(=O)Nc2ccc3c(c2)OCCOCCOc2cc(NC(=O)c4ccc(OC)cc4)ccc2OCCOCCO3)cc1. The van der Waals surface area contributed by atoms with Crippen molar-refractivity contribution >= 4 is 23.2 Å². The van der Waals surface area contributed by atoms with E-state index in [1.807, 2.05) is 0 Å². The lowest BCUT2D eigenvalue weighted by Crippen LogP contribution is -2.16. The average Bonchev–Trinajstić information content (AvgIpc) is 3.11. The van der Waals surface area contributed by atoms with Crippen molar-refractivity contribution in [3.8, 4) is 34.5 Å². The number of nitrogens with one attached hydrogen (secondary N) is 2. The molecule has 2 amide bonds. The van der Waals surface area contributed by atoms with Crippen LogP contribution in [0.2, 0.25) is 0 Å². The Hall–Kier alpha value is -5.46. The molecule has 0 fully saturated rings. The molecule has 4 aromatic carbocycles. The van der Waals surface area contributed by atoms with E-state index < -0.39 is 0 Å². The van der Waals surface area contributed by atoms with Crippen LogP contribution in [0.5, 0.6) is 34.5 Å². The molecular weight excluding hydrogens is 620 g/mol. The van der Waals surface area contributed by atoms with Crippen molar-refractivity contribution in [2.75, 3.05) is 77.7 Å². The van der Waals surface area contributed by atoms with Crippen LogP contribution in [0.1, 0.15) is 20.7 Å². The molecule has 1 aliphatic heterocycles. The average molecular weight is 659 g/mol. The van der Waals surface area contributed by atoms with Crippen LogP contribution in [-0.2, 0) is 9.47 Å². The molecule has 0 unspecified atom stereocenters. The number of fused-ring (bicyclic) bond motifs is 2. The van der Waals surface area contributed by atoms with Gasteiger partial charge in [-0.2, -0.15) is 0 Å². The number of methoxy groups -OCH3 is 2. The molecule has 12 nitrogen and oxygen atoms in total. The molecule has 1 heterocycles. The van der Waals surface area contributed by atoms with Crippen LogP contribution in [0.3, 0.4) is 0 Å². The highest BCUT2D eigenvalue weighted by Crippen LogP contribution is 2.32. The lowest BCUT2D eigenvalue weighted by atomic mass is 10.2. The summed E-state index contributed by atoms with van der Waals surface area (Å²) in [5, 5.41) is 5.77. The van der Waals surface area contributed by atoms with E-state index in [-0.39, 0.29) is 51.5 Å². The van der Waals surface area contributed by atoms with Gasteiger partial charge in [0, 0.05) is 34.6 Å². The summed E-state index contributed by atoms with van der Waals surface area (Å²) in [5.74, 6) is 2.69. The zero-order valence-corrected chi connectivity index (χ0v) is 26.8. The van der Waals surface area contributed by atoms with Crippen LogP contribution in [0.4, 0.5) is 11.4 Å². The van der Waals surface area contributed by atoms with E-state index in [1.165, 1.54) is 0 Å². The molecule has 0 aromatic heterocycles. The Bertz CT molecular complexity index is 1520. The van der Waals surface area contributed by atoms with Crippen LogP contribution in [0.25, 0.3) is 0 Å².